The van der Waals surface area contributed by atoms with Gasteiger partial charge in [0.2, 0.25) is 11.8 Å². The minimum Gasteiger partial charge on any atom is -0.480 e. The highest BCUT2D eigenvalue weighted by molar-refractivity contribution is 7.99. The Morgan fingerprint density at radius 2 is 1.64 bits per heavy atom. The molecule has 12 nitrogen and oxygen atoms in total. The van der Waals surface area contributed by atoms with E-state index in [9.17, 15) is 24.6 Å². The molecule has 1 fully saturated rings. The molecule has 2 aromatic carbocycles. The zero-order valence-corrected chi connectivity index (χ0v) is 33.1. The third-order valence-electron chi connectivity index (χ3n) is 10.6. The number of aliphatic hydroxyl groups excluding tert-OH is 2. The van der Waals surface area contributed by atoms with E-state index in [1.165, 1.54) is 18.0 Å². The number of aromatic nitrogens is 3. The fourth-order valence-corrected chi connectivity index (χ4v) is 7.95. The normalized spacial score (nSPS) is 16.8. The molecule has 13 heteroatoms. The van der Waals surface area contributed by atoms with Gasteiger partial charge in [0.05, 0.1) is 35.6 Å². The molecular formula is C42H56N6O6S. The SMILES string of the molecule is CCC(C)[C@H](NC(=O)[C@H](C(C)C)[C@@H](O)[C@H](O)[C@H](CC1CCCCC1)NC(=O)c1ncccc1OCSc1ccccc1)C(=O)NCc1nc2ccccc2[nH]1. The van der Waals surface area contributed by atoms with E-state index in [-0.39, 0.29) is 35.9 Å². The Bertz CT molecular complexity index is 1800. The highest BCUT2D eigenvalue weighted by Gasteiger charge is 2.41. The van der Waals surface area contributed by atoms with Crippen molar-refractivity contribution in [3.63, 3.8) is 0 Å². The van der Waals surface area contributed by atoms with Crippen LogP contribution in [0, 0.1) is 23.7 Å². The summed E-state index contributed by atoms with van der Waals surface area (Å²) in [6.07, 6.45) is 4.61. The van der Waals surface area contributed by atoms with Crippen LogP contribution >= 0.6 is 11.8 Å². The van der Waals surface area contributed by atoms with Gasteiger partial charge in [-0.3, -0.25) is 14.4 Å². The predicted molar refractivity (Wildman–Crippen MR) is 214 cm³/mol. The van der Waals surface area contributed by atoms with Gasteiger partial charge in [-0.15, -0.1) is 0 Å². The van der Waals surface area contributed by atoms with Crippen LogP contribution in [0.25, 0.3) is 11.0 Å². The Morgan fingerprint density at radius 3 is 2.35 bits per heavy atom. The zero-order chi connectivity index (χ0) is 39.3. The molecule has 1 unspecified atom stereocenters. The van der Waals surface area contributed by atoms with E-state index in [0.29, 0.717) is 24.4 Å². The molecule has 6 N–H and O–H groups in total. The third-order valence-corrected chi connectivity index (χ3v) is 11.5. The summed E-state index contributed by atoms with van der Waals surface area (Å²) in [6, 6.07) is 18.9. The van der Waals surface area contributed by atoms with Crippen LogP contribution in [-0.2, 0) is 16.1 Å². The Morgan fingerprint density at radius 1 is 0.909 bits per heavy atom. The van der Waals surface area contributed by atoms with E-state index < -0.39 is 47.9 Å². The number of H-pyrrole nitrogens is 1. The maximum atomic E-state index is 14.1. The second-order valence-electron chi connectivity index (χ2n) is 14.9. The lowest BCUT2D eigenvalue weighted by molar-refractivity contribution is -0.140. The molecule has 5 rings (SSSR count). The molecule has 1 saturated carbocycles. The van der Waals surface area contributed by atoms with Gasteiger partial charge >= 0.3 is 0 Å². The average Bonchev–Trinajstić information content (AvgIpc) is 3.62. The number of carbonyl (C=O) groups excluding carboxylic acids is 3. The van der Waals surface area contributed by atoms with E-state index in [2.05, 4.69) is 30.9 Å². The highest BCUT2D eigenvalue weighted by atomic mass is 32.2. The quantitative estimate of drug-likeness (QED) is 0.0493. The van der Waals surface area contributed by atoms with Crippen molar-refractivity contribution in [1.29, 1.82) is 0 Å². The maximum Gasteiger partial charge on any atom is 0.274 e. The molecule has 0 saturated heterocycles. The van der Waals surface area contributed by atoms with Crippen LogP contribution in [-0.4, -0.2) is 73.1 Å². The topological polar surface area (TPSA) is 179 Å². The molecule has 2 aromatic heterocycles. The number of pyridine rings is 1. The summed E-state index contributed by atoms with van der Waals surface area (Å²) in [5, 5.41) is 32.5. The lowest BCUT2D eigenvalue weighted by atomic mass is 9.79. The number of nitrogens with one attached hydrogen (secondary N) is 4. The maximum absolute atomic E-state index is 14.1. The van der Waals surface area contributed by atoms with Gasteiger partial charge in [0.1, 0.15) is 23.9 Å². The number of hydrogen-bond acceptors (Lipinski definition) is 9. The summed E-state index contributed by atoms with van der Waals surface area (Å²) in [5.74, 6) is -1.84. The fraction of sp³-hybridized carbons (Fsp3) is 0.500. The summed E-state index contributed by atoms with van der Waals surface area (Å²) in [6.45, 7) is 7.54. The van der Waals surface area contributed by atoms with Crippen molar-refractivity contribution in [2.24, 2.45) is 23.7 Å². The van der Waals surface area contributed by atoms with Crippen LogP contribution < -0.4 is 20.7 Å². The molecule has 0 radical (unpaired) electrons. The van der Waals surface area contributed by atoms with Crippen molar-refractivity contribution in [2.45, 2.75) is 108 Å². The molecular weight excluding hydrogens is 717 g/mol. The molecule has 1 aliphatic rings. The van der Waals surface area contributed by atoms with Gasteiger partial charge in [0.15, 0.2) is 11.4 Å². The number of aromatic amines is 1. The van der Waals surface area contributed by atoms with E-state index >= 15 is 0 Å². The smallest absolute Gasteiger partial charge is 0.274 e. The van der Waals surface area contributed by atoms with Crippen LogP contribution in [0.1, 0.15) is 89.0 Å². The number of imidazole rings is 1. The predicted octanol–water partition coefficient (Wildman–Crippen LogP) is 6.00. The molecule has 6 atom stereocenters. The minimum atomic E-state index is -1.55. The number of benzene rings is 2. The summed E-state index contributed by atoms with van der Waals surface area (Å²) >= 11 is 1.48. The monoisotopic (exact) mass is 772 g/mol. The standard InChI is InChI=1S/C42H56N6O6S/c1-5-27(4)36(41(52)44-24-34-45-30-19-12-13-20-31(30)46-34)48-40(51)35(26(2)3)39(50)38(49)32(23-28-15-8-6-9-16-28)47-42(53)37-33(21-14-22-43-37)54-25-55-29-17-10-7-11-18-29/h7,10-14,17-22,26-28,32,35-36,38-39,49-50H,5-6,8-9,15-16,23-25H2,1-4H3,(H,44,52)(H,45,46)(H,47,53)(H,48,51)/t27?,32-,35+,36-,38+,39+/m0/s1. The van der Waals surface area contributed by atoms with Gasteiger partial charge in [0, 0.05) is 11.1 Å². The number of ether oxygens (including phenoxy) is 1. The van der Waals surface area contributed by atoms with E-state index in [1.54, 1.807) is 26.0 Å². The largest absolute Gasteiger partial charge is 0.480 e. The summed E-state index contributed by atoms with van der Waals surface area (Å²) in [7, 11) is 0. The van der Waals surface area contributed by atoms with E-state index in [4.69, 9.17) is 4.74 Å². The van der Waals surface area contributed by atoms with Gasteiger partial charge in [0.25, 0.3) is 5.91 Å². The first-order valence-electron chi connectivity index (χ1n) is 19.5. The lowest BCUT2D eigenvalue weighted by Gasteiger charge is -2.36. The molecule has 55 heavy (non-hydrogen) atoms. The molecule has 0 aliphatic heterocycles. The second-order valence-corrected chi connectivity index (χ2v) is 15.9. The molecule has 4 aromatic rings. The first kappa shape index (κ1) is 41.7. The second kappa shape index (κ2) is 20.5. The van der Waals surface area contributed by atoms with Crippen molar-refractivity contribution in [1.82, 2.24) is 30.9 Å². The van der Waals surface area contributed by atoms with E-state index in [1.807, 2.05) is 68.4 Å². The van der Waals surface area contributed by atoms with Crippen molar-refractivity contribution in [3.8, 4) is 5.75 Å². The minimum absolute atomic E-state index is 0.0645. The summed E-state index contributed by atoms with van der Waals surface area (Å²) in [5.41, 5.74) is 1.71. The molecule has 296 valence electrons. The fourth-order valence-electron chi connectivity index (χ4n) is 7.28. The van der Waals surface area contributed by atoms with Crippen molar-refractivity contribution in [3.05, 3.63) is 84.4 Å². The van der Waals surface area contributed by atoms with Crippen LogP contribution in [0.15, 0.2) is 77.8 Å². The van der Waals surface area contributed by atoms with Crippen LogP contribution in [0.2, 0.25) is 0 Å². The third kappa shape index (κ3) is 11.5. The lowest BCUT2D eigenvalue weighted by Crippen LogP contribution is -2.57. The Kier molecular flexibility index (Phi) is 15.5. The number of thioether (sulfide) groups is 1. The number of hydrogen-bond donors (Lipinski definition) is 6. The molecule has 0 bridgehead atoms. The molecule has 0 spiro atoms. The van der Waals surface area contributed by atoms with Crippen molar-refractivity contribution < 1.29 is 29.3 Å². The van der Waals surface area contributed by atoms with Crippen molar-refractivity contribution in [2.75, 3.05) is 5.94 Å². The zero-order valence-electron chi connectivity index (χ0n) is 32.2. The number of amides is 3. The Hall–Kier alpha value is -4.46. The van der Waals surface area contributed by atoms with Gasteiger partial charge in [-0.05, 0) is 60.6 Å². The van der Waals surface area contributed by atoms with Crippen LogP contribution in [0.3, 0.4) is 0 Å². The van der Waals surface area contributed by atoms with Gasteiger partial charge in [-0.1, -0.05) is 108 Å². The molecule has 3 amide bonds. The Labute approximate surface area is 328 Å². The number of carbonyl (C=O) groups is 3. The molecule has 1 aliphatic carbocycles. The first-order chi connectivity index (χ1) is 26.5. The van der Waals surface area contributed by atoms with E-state index in [0.717, 1.165) is 48.0 Å². The van der Waals surface area contributed by atoms with Crippen LogP contribution in [0.4, 0.5) is 0 Å². The average molecular weight is 773 g/mol. The molecule has 2 heterocycles. The van der Waals surface area contributed by atoms with Gasteiger partial charge < -0.3 is 35.9 Å². The number of rotatable bonds is 19. The summed E-state index contributed by atoms with van der Waals surface area (Å²) in [4.78, 5) is 54.6. The number of nitrogens with zero attached hydrogens (tertiary/aromatic N) is 2. The highest BCUT2D eigenvalue weighted by Crippen LogP contribution is 2.31. The number of fused-ring (bicyclic) bond motifs is 1. The van der Waals surface area contributed by atoms with Crippen LogP contribution in [0.5, 0.6) is 5.75 Å². The number of aliphatic hydroxyl groups is 2. The van der Waals surface area contributed by atoms with Gasteiger partial charge in [-0.2, -0.15) is 0 Å². The van der Waals surface area contributed by atoms with Gasteiger partial charge in [-0.25, -0.2) is 9.97 Å². The first-order valence-corrected chi connectivity index (χ1v) is 20.5. The van der Waals surface area contributed by atoms with Crippen molar-refractivity contribution >= 4 is 40.5 Å². The number of para-hydroxylation sites is 2. The summed E-state index contributed by atoms with van der Waals surface area (Å²) < 4.78 is 5.98. The Balaban J connectivity index is 1.29.